The van der Waals surface area contributed by atoms with Gasteiger partial charge in [-0.05, 0) is 43.4 Å². The van der Waals surface area contributed by atoms with Crippen molar-refractivity contribution in [1.29, 1.82) is 0 Å². The second-order valence-electron chi connectivity index (χ2n) is 5.28. The first kappa shape index (κ1) is 14.1. The van der Waals surface area contributed by atoms with E-state index in [0.29, 0.717) is 0 Å². The highest BCUT2D eigenvalue weighted by Crippen LogP contribution is 2.20. The number of aliphatic hydroxyl groups is 1. The van der Waals surface area contributed by atoms with Crippen LogP contribution in [0.25, 0.3) is 0 Å². The van der Waals surface area contributed by atoms with Gasteiger partial charge in [0.1, 0.15) is 0 Å². The van der Waals surface area contributed by atoms with E-state index in [9.17, 15) is 9.90 Å². The molecule has 19 heavy (non-hydrogen) atoms. The lowest BCUT2D eigenvalue weighted by atomic mass is 10.1. The number of amides is 1. The smallest absolute Gasteiger partial charge is 0.254 e. The Morgan fingerprint density at radius 3 is 2.74 bits per heavy atom. The highest BCUT2D eigenvalue weighted by atomic mass is 16.3. The van der Waals surface area contributed by atoms with E-state index < -0.39 is 0 Å². The molecule has 1 fully saturated rings. The van der Waals surface area contributed by atoms with Crippen molar-refractivity contribution in [2.45, 2.75) is 45.1 Å². The molecule has 1 aliphatic rings. The van der Waals surface area contributed by atoms with Gasteiger partial charge in [-0.3, -0.25) is 4.79 Å². The van der Waals surface area contributed by atoms with Crippen molar-refractivity contribution >= 4 is 5.91 Å². The van der Waals surface area contributed by atoms with Gasteiger partial charge in [0.25, 0.3) is 5.91 Å². The lowest BCUT2D eigenvalue weighted by Crippen LogP contribution is -2.37. The Balaban J connectivity index is 2.03. The molecule has 1 atom stereocenters. The normalized spacial score (nSPS) is 18.8. The summed E-state index contributed by atoms with van der Waals surface area (Å²) in [5, 5.41) is 9.28. The van der Waals surface area contributed by atoms with Crippen molar-refractivity contribution in [3.8, 4) is 0 Å². The number of hydrogen-bond acceptors (Lipinski definition) is 2. The minimum Gasteiger partial charge on any atom is -0.394 e. The molecule has 104 valence electrons. The summed E-state index contributed by atoms with van der Waals surface area (Å²) < 4.78 is 0. The number of rotatable bonds is 5. The minimum absolute atomic E-state index is 0.00673. The van der Waals surface area contributed by atoms with Gasteiger partial charge in [-0.2, -0.15) is 0 Å². The number of aryl methyl sites for hydroxylation is 1. The van der Waals surface area contributed by atoms with E-state index in [2.05, 4.69) is 6.92 Å². The summed E-state index contributed by atoms with van der Waals surface area (Å²) in [6.45, 7) is 3.02. The summed E-state index contributed by atoms with van der Waals surface area (Å²) in [5.41, 5.74) is 2.03. The molecule has 0 aromatic heterocycles. The molecule has 1 N–H and O–H groups in total. The molecule has 2 rings (SSSR count). The van der Waals surface area contributed by atoms with Gasteiger partial charge in [-0.1, -0.05) is 25.5 Å². The molecule has 0 radical (unpaired) electrons. The van der Waals surface area contributed by atoms with E-state index in [1.807, 2.05) is 24.3 Å². The third kappa shape index (κ3) is 3.35. The van der Waals surface area contributed by atoms with Crippen LogP contribution < -0.4 is 0 Å². The summed E-state index contributed by atoms with van der Waals surface area (Å²) in [5.74, 6) is 0.0543. The zero-order valence-corrected chi connectivity index (χ0v) is 11.6. The van der Waals surface area contributed by atoms with Gasteiger partial charge in [0.05, 0.1) is 12.6 Å². The molecule has 0 unspecified atom stereocenters. The Morgan fingerprint density at radius 2 is 2.11 bits per heavy atom. The number of carbonyl (C=O) groups excluding carboxylic acids is 1. The molecule has 1 amide bonds. The molecule has 3 heteroatoms. The fraction of sp³-hybridized carbons (Fsp3) is 0.562. The third-order valence-electron chi connectivity index (χ3n) is 3.87. The molecule has 1 aromatic carbocycles. The second kappa shape index (κ2) is 6.71. The van der Waals surface area contributed by atoms with Gasteiger partial charge in [0.2, 0.25) is 0 Å². The molecule has 0 spiro atoms. The van der Waals surface area contributed by atoms with Gasteiger partial charge in [-0.15, -0.1) is 0 Å². The van der Waals surface area contributed by atoms with Crippen LogP contribution in [0.3, 0.4) is 0 Å². The van der Waals surface area contributed by atoms with Crippen LogP contribution in [0.15, 0.2) is 24.3 Å². The SMILES string of the molecule is CCCCc1ccc(C(=O)N2CCC[C@H]2CO)cc1. The molecule has 1 saturated heterocycles. The summed E-state index contributed by atoms with van der Waals surface area (Å²) in [6, 6.07) is 7.94. The second-order valence-corrected chi connectivity index (χ2v) is 5.28. The molecular weight excluding hydrogens is 238 g/mol. The summed E-state index contributed by atoms with van der Waals surface area (Å²) in [4.78, 5) is 14.2. The molecule has 0 saturated carbocycles. The summed E-state index contributed by atoms with van der Waals surface area (Å²) in [6.07, 6.45) is 5.36. The summed E-state index contributed by atoms with van der Waals surface area (Å²) >= 11 is 0. The first-order chi connectivity index (χ1) is 9.26. The van der Waals surface area contributed by atoms with E-state index in [4.69, 9.17) is 0 Å². The number of nitrogens with zero attached hydrogens (tertiary/aromatic N) is 1. The Morgan fingerprint density at radius 1 is 1.37 bits per heavy atom. The van der Waals surface area contributed by atoms with Crippen LogP contribution in [0.5, 0.6) is 0 Å². The van der Waals surface area contributed by atoms with Crippen molar-refractivity contribution in [3.63, 3.8) is 0 Å². The fourth-order valence-corrected chi connectivity index (χ4v) is 2.65. The number of hydrogen-bond donors (Lipinski definition) is 1. The van der Waals surface area contributed by atoms with Crippen LogP contribution in [0.2, 0.25) is 0 Å². The fourth-order valence-electron chi connectivity index (χ4n) is 2.65. The Kier molecular flexibility index (Phi) is 4.97. The maximum atomic E-state index is 12.4. The number of unbranched alkanes of at least 4 members (excludes halogenated alkanes) is 1. The quantitative estimate of drug-likeness (QED) is 0.885. The molecule has 0 aliphatic carbocycles. The van der Waals surface area contributed by atoms with Gasteiger partial charge >= 0.3 is 0 Å². The third-order valence-corrected chi connectivity index (χ3v) is 3.87. The number of aliphatic hydroxyl groups excluding tert-OH is 1. The Hall–Kier alpha value is -1.35. The number of likely N-dealkylation sites (tertiary alicyclic amines) is 1. The Labute approximate surface area is 115 Å². The predicted octanol–water partition coefficient (Wildman–Crippen LogP) is 2.63. The van der Waals surface area contributed by atoms with Crippen LogP contribution in [0, 0.1) is 0 Å². The van der Waals surface area contributed by atoms with Crippen LogP contribution >= 0.6 is 0 Å². The van der Waals surface area contributed by atoms with E-state index in [0.717, 1.165) is 31.4 Å². The average molecular weight is 261 g/mol. The van der Waals surface area contributed by atoms with Gasteiger partial charge in [0.15, 0.2) is 0 Å². The highest BCUT2D eigenvalue weighted by molar-refractivity contribution is 5.94. The van der Waals surface area contributed by atoms with E-state index >= 15 is 0 Å². The van der Waals surface area contributed by atoms with E-state index in [1.165, 1.54) is 18.4 Å². The van der Waals surface area contributed by atoms with Crippen molar-refractivity contribution in [2.24, 2.45) is 0 Å². The van der Waals surface area contributed by atoms with Gasteiger partial charge in [0, 0.05) is 12.1 Å². The zero-order valence-electron chi connectivity index (χ0n) is 11.6. The Bertz CT molecular complexity index is 413. The topological polar surface area (TPSA) is 40.5 Å². The maximum absolute atomic E-state index is 12.4. The molecule has 1 aromatic rings. The standard InChI is InChI=1S/C16H23NO2/c1-2-3-5-13-7-9-14(10-8-13)16(19)17-11-4-6-15(17)12-18/h7-10,15,18H,2-6,11-12H2,1H3/t15-/m0/s1. The predicted molar refractivity (Wildman–Crippen MR) is 76.2 cm³/mol. The lowest BCUT2D eigenvalue weighted by molar-refractivity contribution is 0.0677. The first-order valence-electron chi connectivity index (χ1n) is 7.27. The maximum Gasteiger partial charge on any atom is 0.254 e. The van der Waals surface area contributed by atoms with E-state index in [-0.39, 0.29) is 18.6 Å². The first-order valence-corrected chi connectivity index (χ1v) is 7.27. The summed E-state index contributed by atoms with van der Waals surface area (Å²) in [7, 11) is 0. The molecule has 0 bridgehead atoms. The van der Waals surface area contributed by atoms with Crippen molar-refractivity contribution < 1.29 is 9.90 Å². The van der Waals surface area contributed by atoms with Crippen LogP contribution in [0.1, 0.15) is 48.5 Å². The van der Waals surface area contributed by atoms with Gasteiger partial charge < -0.3 is 10.0 Å². The van der Waals surface area contributed by atoms with Crippen LogP contribution in [-0.4, -0.2) is 35.1 Å². The van der Waals surface area contributed by atoms with Crippen LogP contribution in [0.4, 0.5) is 0 Å². The number of carbonyl (C=O) groups is 1. The average Bonchev–Trinajstić information content (AvgIpc) is 2.93. The lowest BCUT2D eigenvalue weighted by Gasteiger charge is -2.23. The molecule has 3 nitrogen and oxygen atoms in total. The van der Waals surface area contributed by atoms with E-state index in [1.54, 1.807) is 4.90 Å². The number of benzene rings is 1. The largest absolute Gasteiger partial charge is 0.394 e. The van der Waals surface area contributed by atoms with Crippen molar-refractivity contribution in [1.82, 2.24) is 4.90 Å². The zero-order chi connectivity index (χ0) is 13.7. The van der Waals surface area contributed by atoms with Crippen LogP contribution in [-0.2, 0) is 6.42 Å². The molecular formula is C16H23NO2. The molecule has 1 aliphatic heterocycles. The van der Waals surface area contributed by atoms with Crippen molar-refractivity contribution in [3.05, 3.63) is 35.4 Å². The highest BCUT2D eigenvalue weighted by Gasteiger charge is 2.28. The van der Waals surface area contributed by atoms with Gasteiger partial charge in [-0.25, -0.2) is 0 Å². The monoisotopic (exact) mass is 261 g/mol. The minimum atomic E-state index is 0.00673. The van der Waals surface area contributed by atoms with Crippen molar-refractivity contribution in [2.75, 3.05) is 13.2 Å². The molecule has 1 heterocycles.